The van der Waals surface area contributed by atoms with E-state index in [0.717, 1.165) is 11.3 Å². The van der Waals surface area contributed by atoms with Crippen molar-refractivity contribution in [3.8, 4) is 0 Å². The van der Waals surface area contributed by atoms with Crippen LogP contribution in [0.2, 0.25) is 10.0 Å². The summed E-state index contributed by atoms with van der Waals surface area (Å²) in [6.07, 6.45) is 2.20. The highest BCUT2D eigenvalue weighted by Gasteiger charge is 2.10. The van der Waals surface area contributed by atoms with Crippen LogP contribution in [0.3, 0.4) is 0 Å². The number of aldehydes is 1. The number of halogens is 2. The first-order chi connectivity index (χ1) is 11.1. The SMILES string of the molecule is Cc1ccc(N/C=C(\C=O)c2nc3cc(Cl)ccc3o2)cc1Cl. The Morgan fingerprint density at radius 2 is 2.04 bits per heavy atom. The Morgan fingerprint density at radius 1 is 1.22 bits per heavy atom. The number of carbonyl (C=O) groups is 1. The van der Waals surface area contributed by atoms with E-state index in [1.54, 1.807) is 24.3 Å². The van der Waals surface area contributed by atoms with Crippen molar-refractivity contribution < 1.29 is 9.21 Å². The smallest absolute Gasteiger partial charge is 0.232 e. The van der Waals surface area contributed by atoms with E-state index in [-0.39, 0.29) is 11.5 Å². The van der Waals surface area contributed by atoms with E-state index in [1.807, 2.05) is 19.1 Å². The van der Waals surface area contributed by atoms with Crippen molar-refractivity contribution in [1.82, 2.24) is 4.98 Å². The van der Waals surface area contributed by atoms with Gasteiger partial charge in [-0.2, -0.15) is 0 Å². The van der Waals surface area contributed by atoms with Crippen molar-refractivity contribution in [1.29, 1.82) is 0 Å². The third-order valence-electron chi connectivity index (χ3n) is 3.29. The molecule has 0 fully saturated rings. The lowest BCUT2D eigenvalue weighted by Crippen LogP contribution is -1.94. The molecule has 2 aromatic carbocycles. The maximum atomic E-state index is 11.3. The number of anilines is 1. The Morgan fingerprint density at radius 3 is 2.78 bits per heavy atom. The molecule has 4 nitrogen and oxygen atoms in total. The molecule has 0 amide bonds. The largest absolute Gasteiger partial charge is 0.436 e. The highest BCUT2D eigenvalue weighted by atomic mass is 35.5. The van der Waals surface area contributed by atoms with Gasteiger partial charge in [-0.05, 0) is 42.8 Å². The van der Waals surface area contributed by atoms with E-state index in [9.17, 15) is 4.79 Å². The standard InChI is InChI=1S/C17H12Cl2N2O2/c1-10-2-4-13(7-14(10)19)20-8-11(9-22)17-21-15-6-12(18)3-5-16(15)23-17/h2-9,20H,1H3/b11-8+. The van der Waals surface area contributed by atoms with Crippen LogP contribution in [-0.4, -0.2) is 11.3 Å². The van der Waals surface area contributed by atoms with E-state index in [4.69, 9.17) is 27.6 Å². The summed E-state index contributed by atoms with van der Waals surface area (Å²) in [5, 5.41) is 4.22. The number of nitrogens with zero attached hydrogens (tertiary/aromatic N) is 1. The van der Waals surface area contributed by atoms with Crippen molar-refractivity contribution in [3.63, 3.8) is 0 Å². The van der Waals surface area contributed by atoms with Crippen molar-refractivity contribution in [3.05, 3.63) is 64.1 Å². The molecular weight excluding hydrogens is 335 g/mol. The number of aromatic nitrogens is 1. The van der Waals surface area contributed by atoms with Crippen molar-refractivity contribution in [2.45, 2.75) is 6.92 Å². The fourth-order valence-corrected chi connectivity index (χ4v) is 2.36. The molecule has 0 saturated carbocycles. The summed E-state index contributed by atoms with van der Waals surface area (Å²) < 4.78 is 5.57. The molecular formula is C17H12Cl2N2O2. The van der Waals surface area contributed by atoms with Gasteiger partial charge in [0.15, 0.2) is 11.9 Å². The van der Waals surface area contributed by atoms with Crippen LogP contribution in [0.5, 0.6) is 0 Å². The third kappa shape index (κ3) is 3.38. The zero-order valence-corrected chi connectivity index (χ0v) is 13.7. The molecule has 0 aliphatic rings. The Labute approximate surface area is 142 Å². The summed E-state index contributed by atoms with van der Waals surface area (Å²) in [5.74, 6) is 0.225. The van der Waals surface area contributed by atoms with Gasteiger partial charge in [0.25, 0.3) is 0 Å². The number of benzene rings is 2. The molecule has 0 aliphatic heterocycles. The highest BCUT2D eigenvalue weighted by Crippen LogP contribution is 2.24. The molecule has 0 bridgehead atoms. The number of oxazole rings is 1. The quantitative estimate of drug-likeness (QED) is 0.527. The Kier molecular flexibility index (Phi) is 4.37. The van der Waals surface area contributed by atoms with Gasteiger partial charge in [-0.1, -0.05) is 29.3 Å². The maximum Gasteiger partial charge on any atom is 0.232 e. The summed E-state index contributed by atoms with van der Waals surface area (Å²) in [5.41, 5.74) is 3.19. The average molecular weight is 347 g/mol. The van der Waals surface area contributed by atoms with Crippen LogP contribution < -0.4 is 5.32 Å². The first-order valence-corrected chi connectivity index (χ1v) is 7.57. The number of rotatable bonds is 4. The van der Waals surface area contributed by atoms with Crippen molar-refractivity contribution in [2.75, 3.05) is 5.32 Å². The number of aryl methyl sites for hydroxylation is 1. The first-order valence-electron chi connectivity index (χ1n) is 6.81. The molecule has 116 valence electrons. The van der Waals surface area contributed by atoms with Crippen molar-refractivity contribution in [2.24, 2.45) is 0 Å². The summed E-state index contributed by atoms with van der Waals surface area (Å²) in [4.78, 5) is 15.6. The summed E-state index contributed by atoms with van der Waals surface area (Å²) in [6, 6.07) is 10.6. The predicted octanol–water partition coefficient (Wildman–Crippen LogP) is 5.09. The van der Waals surface area contributed by atoms with Gasteiger partial charge >= 0.3 is 0 Å². The van der Waals surface area contributed by atoms with Crippen molar-refractivity contribution >= 4 is 51.8 Å². The van der Waals surface area contributed by atoms with Crippen LogP contribution in [0.1, 0.15) is 11.5 Å². The minimum atomic E-state index is 0.225. The summed E-state index contributed by atoms with van der Waals surface area (Å²) in [7, 11) is 0. The summed E-state index contributed by atoms with van der Waals surface area (Å²) in [6.45, 7) is 1.92. The van der Waals surface area contributed by atoms with E-state index in [1.165, 1.54) is 6.20 Å². The number of carbonyl (C=O) groups excluding carboxylic acids is 1. The van der Waals surface area contributed by atoms with Crippen LogP contribution in [0.4, 0.5) is 5.69 Å². The summed E-state index contributed by atoms with van der Waals surface area (Å²) >= 11 is 12.0. The molecule has 0 atom stereocenters. The third-order valence-corrected chi connectivity index (χ3v) is 3.93. The van der Waals surface area contributed by atoms with Crippen LogP contribution >= 0.6 is 23.2 Å². The fraction of sp³-hybridized carbons (Fsp3) is 0.0588. The molecule has 0 spiro atoms. The molecule has 1 N–H and O–H groups in total. The van der Waals surface area contributed by atoms with E-state index >= 15 is 0 Å². The Hall–Kier alpha value is -2.30. The van der Waals surface area contributed by atoms with Gasteiger partial charge in [-0.3, -0.25) is 4.79 Å². The number of nitrogens with one attached hydrogen (secondary N) is 1. The average Bonchev–Trinajstić information content (AvgIpc) is 2.94. The number of hydrogen-bond acceptors (Lipinski definition) is 4. The van der Waals surface area contributed by atoms with Gasteiger partial charge in [0.05, 0.1) is 5.57 Å². The molecule has 3 aromatic rings. The van der Waals surface area contributed by atoms with E-state index < -0.39 is 0 Å². The maximum absolute atomic E-state index is 11.3. The van der Waals surface area contributed by atoms with E-state index in [2.05, 4.69) is 10.3 Å². The lowest BCUT2D eigenvalue weighted by molar-refractivity contribution is -0.103. The van der Waals surface area contributed by atoms with Gasteiger partial charge in [-0.25, -0.2) is 4.98 Å². The molecule has 6 heteroatoms. The van der Waals surface area contributed by atoms with Crippen LogP contribution in [0.15, 0.2) is 47.0 Å². The van der Waals surface area contributed by atoms with Gasteiger partial charge in [-0.15, -0.1) is 0 Å². The Bertz CT molecular complexity index is 916. The molecule has 0 unspecified atom stereocenters. The molecule has 23 heavy (non-hydrogen) atoms. The first kappa shape index (κ1) is 15.6. The second kappa shape index (κ2) is 6.44. The Balaban J connectivity index is 1.90. The van der Waals surface area contributed by atoms with Gasteiger partial charge in [0.2, 0.25) is 5.89 Å². The van der Waals surface area contributed by atoms with Crippen LogP contribution in [0, 0.1) is 6.92 Å². The predicted molar refractivity (Wildman–Crippen MR) is 92.9 cm³/mol. The monoisotopic (exact) mass is 346 g/mol. The van der Waals surface area contributed by atoms with Gasteiger partial charge in [0.1, 0.15) is 5.52 Å². The number of fused-ring (bicyclic) bond motifs is 1. The van der Waals surface area contributed by atoms with Gasteiger partial charge < -0.3 is 9.73 Å². The lowest BCUT2D eigenvalue weighted by atomic mass is 10.2. The molecule has 1 aromatic heterocycles. The minimum absolute atomic E-state index is 0.225. The minimum Gasteiger partial charge on any atom is -0.436 e. The second-order valence-electron chi connectivity index (χ2n) is 4.96. The molecule has 3 rings (SSSR count). The highest BCUT2D eigenvalue weighted by molar-refractivity contribution is 6.31. The topological polar surface area (TPSA) is 55.1 Å². The number of hydrogen-bond donors (Lipinski definition) is 1. The van der Waals surface area contributed by atoms with Gasteiger partial charge in [0, 0.05) is 21.9 Å². The lowest BCUT2D eigenvalue weighted by Gasteiger charge is -2.04. The molecule has 1 heterocycles. The molecule has 0 aliphatic carbocycles. The molecule has 0 radical (unpaired) electrons. The molecule has 0 saturated heterocycles. The normalized spacial score (nSPS) is 11.7. The fourth-order valence-electron chi connectivity index (χ4n) is 2.01. The van der Waals surface area contributed by atoms with E-state index in [0.29, 0.717) is 27.4 Å². The second-order valence-corrected chi connectivity index (χ2v) is 5.80. The number of allylic oxidation sites excluding steroid dienone is 1. The zero-order valence-electron chi connectivity index (χ0n) is 12.1. The zero-order chi connectivity index (χ0) is 16.4. The van der Waals surface area contributed by atoms with Crippen LogP contribution in [0.25, 0.3) is 16.7 Å². The van der Waals surface area contributed by atoms with Crippen LogP contribution in [-0.2, 0) is 4.79 Å².